The van der Waals surface area contributed by atoms with E-state index in [-0.39, 0.29) is 25.9 Å². The zero-order chi connectivity index (χ0) is 28.2. The van der Waals surface area contributed by atoms with E-state index in [0.29, 0.717) is 11.1 Å². The number of rotatable bonds is 4. The second-order valence-corrected chi connectivity index (χ2v) is 8.81. The summed E-state index contributed by atoms with van der Waals surface area (Å²) in [4.78, 5) is 4.38. The van der Waals surface area contributed by atoms with Gasteiger partial charge in [0, 0.05) is 14.3 Å². The van der Waals surface area contributed by atoms with Gasteiger partial charge in [-0.05, 0) is 41.9 Å². The van der Waals surface area contributed by atoms with E-state index in [1.54, 1.807) is 24.4 Å². The molecule has 4 heteroatoms. The van der Waals surface area contributed by atoms with Crippen LogP contribution in [0.15, 0.2) is 132 Å². The molecule has 5 aromatic carbocycles. The van der Waals surface area contributed by atoms with Crippen LogP contribution in [-0.2, 0) is 26.5 Å². The Kier molecular flexibility index (Phi) is 7.80. The van der Waals surface area contributed by atoms with Crippen LogP contribution in [-0.4, -0.2) is 4.98 Å². The minimum atomic E-state index is -1.70. The Balaban J connectivity index is 0.000000165. The average Bonchev–Trinajstić information content (AvgIpc) is 3.42. The molecule has 0 aliphatic carbocycles. The van der Waals surface area contributed by atoms with Crippen LogP contribution >= 0.6 is 0 Å². The fourth-order valence-electron chi connectivity index (χ4n) is 4.35. The third-order valence-electron chi connectivity index (χ3n) is 6.19. The third-order valence-corrected chi connectivity index (χ3v) is 6.19. The van der Waals surface area contributed by atoms with Crippen molar-refractivity contribution in [3.63, 3.8) is 0 Å². The van der Waals surface area contributed by atoms with Gasteiger partial charge in [0.25, 0.3) is 0 Å². The molecule has 0 amide bonds. The van der Waals surface area contributed by atoms with Crippen LogP contribution in [0.2, 0.25) is 0 Å². The third kappa shape index (κ3) is 6.10. The number of hydrogen-bond acceptors (Lipinski definition) is 2. The van der Waals surface area contributed by atoms with Gasteiger partial charge in [-0.2, -0.15) is 42.5 Å². The summed E-state index contributed by atoms with van der Waals surface area (Å²) >= 11 is 0. The molecule has 7 aromatic rings. The van der Waals surface area contributed by atoms with Gasteiger partial charge in [0.05, 0.1) is 5.58 Å². The summed E-state index contributed by atoms with van der Waals surface area (Å²) in [7, 11) is 0. The zero-order valence-corrected chi connectivity index (χ0v) is 23.6. The number of pyridine rings is 1. The van der Waals surface area contributed by atoms with Gasteiger partial charge < -0.3 is 9.40 Å². The van der Waals surface area contributed by atoms with Crippen molar-refractivity contribution in [2.24, 2.45) is 0 Å². The quantitative estimate of drug-likeness (QED) is 0.172. The number of nitrogens with zero attached hydrogens (tertiary/aromatic N) is 1. The largest absolute Gasteiger partial charge is 3.00 e. The summed E-state index contributed by atoms with van der Waals surface area (Å²) < 4.78 is 35.7. The molecule has 0 unspecified atom stereocenters. The maximum atomic E-state index is 13.0. The van der Waals surface area contributed by atoms with Crippen LogP contribution in [0.1, 0.15) is 13.9 Å². The molecule has 0 N–H and O–H groups in total. The van der Waals surface area contributed by atoms with Crippen LogP contribution in [0.4, 0.5) is 4.39 Å². The second-order valence-electron chi connectivity index (χ2n) is 8.81. The number of hydrogen-bond donors (Lipinski definition) is 0. The number of fused-ring (bicyclic) bond motifs is 3. The predicted octanol–water partition coefficient (Wildman–Crippen LogP) is 9.13. The van der Waals surface area contributed by atoms with Crippen molar-refractivity contribution in [2.75, 3.05) is 0 Å². The summed E-state index contributed by atoms with van der Waals surface area (Å²) in [5, 5.41) is 2.23. The fourth-order valence-corrected chi connectivity index (χ4v) is 4.35. The van der Waals surface area contributed by atoms with E-state index < -0.39 is 6.37 Å². The predicted molar refractivity (Wildman–Crippen MR) is 155 cm³/mol. The Morgan fingerprint density at radius 2 is 1.48 bits per heavy atom. The van der Waals surface area contributed by atoms with E-state index >= 15 is 0 Å². The van der Waals surface area contributed by atoms with Crippen LogP contribution < -0.4 is 0 Å². The standard InChI is InChI=1S/C19H13F.C17H10NO.Ir/c20-19-11-9-15(10-12-19)13-16-5-4-8-18(14-16)17-6-2-1-3-7-17;1-2-10-16-12(6-1)13-7-5-8-14(17(13)19-16)15-9-3-4-11-18-15;/h1-6,9-12,14H,13H2;1-7,9-11H;/q-2;-1;+3/i13D2;;. The van der Waals surface area contributed by atoms with Crippen molar-refractivity contribution < 1.29 is 31.7 Å². The monoisotopic (exact) mass is 699 g/mol. The Morgan fingerprint density at radius 1 is 0.700 bits per heavy atom. The molecule has 0 radical (unpaired) electrons. The molecule has 0 saturated heterocycles. The summed E-state index contributed by atoms with van der Waals surface area (Å²) in [5.41, 5.74) is 6.11. The van der Waals surface area contributed by atoms with Gasteiger partial charge in [-0.15, -0.1) is 35.9 Å². The SMILES string of the molecule is [2H]C([2H])(c1ccc(F)cc1)c1cc[c-]c(-c2[c-]cccc2)c1.[Ir+3].[c-]1ccc2c(oc3ccccc32)c1-c1ccccn1. The summed E-state index contributed by atoms with van der Waals surface area (Å²) in [5.74, 6) is -0.375. The van der Waals surface area contributed by atoms with E-state index in [1.807, 2.05) is 72.8 Å². The van der Waals surface area contributed by atoms with Crippen LogP contribution in [0.5, 0.6) is 0 Å². The van der Waals surface area contributed by atoms with Gasteiger partial charge in [-0.25, -0.2) is 15.5 Å². The van der Waals surface area contributed by atoms with Crippen molar-refractivity contribution in [3.05, 3.63) is 163 Å². The normalized spacial score (nSPS) is 11.6. The maximum Gasteiger partial charge on any atom is 3.00 e. The Hall–Kier alpha value is -4.37. The average molecular weight is 699 g/mol. The van der Waals surface area contributed by atoms with Crippen molar-refractivity contribution >= 4 is 21.9 Å². The van der Waals surface area contributed by atoms with Crippen molar-refractivity contribution in [2.45, 2.75) is 6.37 Å². The van der Waals surface area contributed by atoms with Gasteiger partial charge in [0.1, 0.15) is 11.4 Å². The van der Waals surface area contributed by atoms with Gasteiger partial charge >= 0.3 is 20.1 Å². The number of furan rings is 1. The zero-order valence-electron chi connectivity index (χ0n) is 23.2. The first-order chi connectivity index (χ1) is 20.0. The summed E-state index contributed by atoms with van der Waals surface area (Å²) in [6.45, 7) is 0. The molecule has 194 valence electrons. The molecular weight excluding hydrogens is 674 g/mol. The topological polar surface area (TPSA) is 26.0 Å². The molecule has 0 aliphatic heterocycles. The van der Waals surface area contributed by atoms with Crippen molar-refractivity contribution in [1.29, 1.82) is 0 Å². The molecule has 2 aromatic heterocycles. The fraction of sp³-hybridized carbons (Fsp3) is 0.0278. The number of aromatic nitrogens is 1. The van der Waals surface area contributed by atoms with Crippen LogP contribution in [0, 0.1) is 24.0 Å². The first-order valence-corrected chi connectivity index (χ1v) is 12.5. The van der Waals surface area contributed by atoms with Gasteiger partial charge in [0.15, 0.2) is 0 Å². The number of para-hydroxylation sites is 1. The molecule has 2 heterocycles. The second kappa shape index (κ2) is 12.7. The Bertz CT molecular complexity index is 1920. The Labute approximate surface area is 249 Å². The summed E-state index contributed by atoms with van der Waals surface area (Å²) in [6.07, 6.45) is 0.0803. The number of halogens is 1. The molecule has 0 bridgehead atoms. The van der Waals surface area contributed by atoms with Gasteiger partial charge in [-0.3, -0.25) is 0 Å². The molecule has 0 aliphatic rings. The molecule has 0 fully saturated rings. The molecule has 0 saturated carbocycles. The molecule has 7 rings (SSSR count). The van der Waals surface area contributed by atoms with Crippen molar-refractivity contribution in [1.82, 2.24) is 4.98 Å². The summed E-state index contributed by atoms with van der Waals surface area (Å²) in [6, 6.07) is 45.4. The maximum absolute atomic E-state index is 13.0. The van der Waals surface area contributed by atoms with E-state index in [4.69, 9.17) is 7.16 Å². The van der Waals surface area contributed by atoms with E-state index in [9.17, 15) is 4.39 Å². The Morgan fingerprint density at radius 3 is 2.27 bits per heavy atom. The minimum Gasteiger partial charge on any atom is -0.501 e. The van der Waals surface area contributed by atoms with E-state index in [2.05, 4.69) is 29.2 Å². The van der Waals surface area contributed by atoms with Crippen molar-refractivity contribution in [3.8, 4) is 22.4 Å². The van der Waals surface area contributed by atoms with Gasteiger partial charge in [-0.1, -0.05) is 53.4 Å². The smallest absolute Gasteiger partial charge is 0.501 e. The molecule has 2 nitrogen and oxygen atoms in total. The van der Waals surface area contributed by atoms with Gasteiger partial charge in [0.2, 0.25) is 0 Å². The molecule has 0 spiro atoms. The first-order valence-electron chi connectivity index (χ1n) is 13.5. The minimum absolute atomic E-state index is 0. The van der Waals surface area contributed by atoms with Crippen LogP contribution in [0.25, 0.3) is 44.3 Å². The van der Waals surface area contributed by atoms with E-state index in [0.717, 1.165) is 44.3 Å². The first kappa shape index (κ1) is 24.7. The van der Waals surface area contributed by atoms with E-state index in [1.165, 1.54) is 24.3 Å². The van der Waals surface area contributed by atoms with Crippen LogP contribution in [0.3, 0.4) is 0 Å². The molecule has 0 atom stereocenters. The number of benzene rings is 5. The molecular formula is C36H23FIrNO. The molecule has 40 heavy (non-hydrogen) atoms.